The Bertz CT molecular complexity index is 851. The van der Waals surface area contributed by atoms with Gasteiger partial charge in [-0.05, 0) is 37.6 Å². The van der Waals surface area contributed by atoms with Crippen LogP contribution in [-0.2, 0) is 17.4 Å². The molecule has 0 bridgehead atoms. The molecule has 0 atom stereocenters. The maximum Gasteiger partial charge on any atom is 0.416 e. The SMILES string of the molecule is Cc1[nH]c(=O)[nH]c(=O)c1CCC(=O)Nc1ccc(C(F)(F)F)cc1. The summed E-state index contributed by atoms with van der Waals surface area (Å²) in [6.07, 6.45) is -4.41. The number of nitrogens with one attached hydrogen (secondary N) is 3. The zero-order valence-corrected chi connectivity index (χ0v) is 12.6. The van der Waals surface area contributed by atoms with Gasteiger partial charge in [0, 0.05) is 23.4 Å². The first kappa shape index (κ1) is 17.5. The van der Waals surface area contributed by atoms with E-state index in [0.717, 1.165) is 24.3 Å². The Kier molecular flexibility index (Phi) is 4.91. The van der Waals surface area contributed by atoms with Crippen molar-refractivity contribution in [1.82, 2.24) is 9.97 Å². The highest BCUT2D eigenvalue weighted by molar-refractivity contribution is 5.90. The average Bonchev–Trinajstić information content (AvgIpc) is 2.45. The zero-order chi connectivity index (χ0) is 17.9. The van der Waals surface area contributed by atoms with Gasteiger partial charge in [0.2, 0.25) is 5.91 Å². The number of benzene rings is 1. The van der Waals surface area contributed by atoms with Crippen LogP contribution < -0.4 is 16.6 Å². The number of aromatic amines is 2. The number of carbonyl (C=O) groups excluding carboxylic acids is 1. The molecule has 3 N–H and O–H groups in total. The van der Waals surface area contributed by atoms with Gasteiger partial charge in [-0.25, -0.2) is 4.79 Å². The van der Waals surface area contributed by atoms with Gasteiger partial charge in [0.05, 0.1) is 5.56 Å². The van der Waals surface area contributed by atoms with E-state index in [0.29, 0.717) is 5.69 Å². The van der Waals surface area contributed by atoms with E-state index < -0.39 is 28.9 Å². The molecule has 0 fully saturated rings. The van der Waals surface area contributed by atoms with Crippen molar-refractivity contribution in [2.45, 2.75) is 25.9 Å². The van der Waals surface area contributed by atoms with Crippen LogP contribution in [0.5, 0.6) is 0 Å². The van der Waals surface area contributed by atoms with Crippen LogP contribution in [0.25, 0.3) is 0 Å². The number of halogens is 3. The largest absolute Gasteiger partial charge is 0.416 e. The monoisotopic (exact) mass is 341 g/mol. The van der Waals surface area contributed by atoms with Gasteiger partial charge in [0.15, 0.2) is 0 Å². The molecule has 9 heteroatoms. The molecule has 0 saturated heterocycles. The van der Waals surface area contributed by atoms with Crippen LogP contribution >= 0.6 is 0 Å². The second-order valence-corrected chi connectivity index (χ2v) is 5.14. The van der Waals surface area contributed by atoms with Crippen molar-refractivity contribution in [2.24, 2.45) is 0 Å². The molecule has 2 aromatic rings. The number of aromatic nitrogens is 2. The summed E-state index contributed by atoms with van der Waals surface area (Å²) in [6.45, 7) is 1.54. The average molecular weight is 341 g/mol. The van der Waals surface area contributed by atoms with Crippen molar-refractivity contribution >= 4 is 11.6 Å². The first-order valence-electron chi connectivity index (χ1n) is 6.96. The number of rotatable bonds is 4. The van der Waals surface area contributed by atoms with Crippen molar-refractivity contribution < 1.29 is 18.0 Å². The summed E-state index contributed by atoms with van der Waals surface area (Å²) in [5.41, 5.74) is -1.15. The highest BCUT2D eigenvalue weighted by atomic mass is 19.4. The number of aryl methyl sites for hydroxylation is 1. The lowest BCUT2D eigenvalue weighted by Gasteiger charge is -2.09. The highest BCUT2D eigenvalue weighted by Crippen LogP contribution is 2.29. The Morgan fingerprint density at radius 1 is 1.12 bits per heavy atom. The van der Waals surface area contributed by atoms with Gasteiger partial charge in [0.1, 0.15) is 0 Å². The van der Waals surface area contributed by atoms with Crippen molar-refractivity contribution in [1.29, 1.82) is 0 Å². The van der Waals surface area contributed by atoms with Gasteiger partial charge in [-0.1, -0.05) is 0 Å². The van der Waals surface area contributed by atoms with E-state index in [4.69, 9.17) is 0 Å². The second-order valence-electron chi connectivity index (χ2n) is 5.14. The summed E-state index contributed by atoms with van der Waals surface area (Å²) in [7, 11) is 0. The quantitative estimate of drug-likeness (QED) is 0.793. The van der Waals surface area contributed by atoms with E-state index in [2.05, 4.69) is 15.3 Å². The van der Waals surface area contributed by atoms with E-state index in [9.17, 15) is 27.6 Å². The number of hydrogen-bond donors (Lipinski definition) is 3. The van der Waals surface area contributed by atoms with Crippen molar-refractivity contribution in [3.05, 3.63) is 61.9 Å². The number of anilines is 1. The molecule has 6 nitrogen and oxygen atoms in total. The molecule has 1 amide bonds. The van der Waals surface area contributed by atoms with Crippen LogP contribution in [0.3, 0.4) is 0 Å². The summed E-state index contributed by atoms with van der Waals surface area (Å²) >= 11 is 0. The van der Waals surface area contributed by atoms with Gasteiger partial charge < -0.3 is 10.3 Å². The van der Waals surface area contributed by atoms with E-state index in [1.165, 1.54) is 0 Å². The molecule has 0 aliphatic rings. The van der Waals surface area contributed by atoms with Gasteiger partial charge >= 0.3 is 11.9 Å². The minimum atomic E-state index is -4.44. The molecule has 0 unspecified atom stereocenters. The van der Waals surface area contributed by atoms with Crippen LogP contribution in [0.4, 0.5) is 18.9 Å². The highest BCUT2D eigenvalue weighted by Gasteiger charge is 2.29. The smallest absolute Gasteiger partial charge is 0.326 e. The van der Waals surface area contributed by atoms with Crippen LogP contribution in [0.2, 0.25) is 0 Å². The first-order chi connectivity index (χ1) is 11.2. The molecule has 2 rings (SSSR count). The summed E-state index contributed by atoms with van der Waals surface area (Å²) in [4.78, 5) is 39.1. The predicted molar refractivity (Wildman–Crippen MR) is 80.8 cm³/mol. The lowest BCUT2D eigenvalue weighted by atomic mass is 10.1. The summed E-state index contributed by atoms with van der Waals surface area (Å²) < 4.78 is 37.3. The third kappa shape index (κ3) is 4.34. The minimum Gasteiger partial charge on any atom is -0.326 e. The molecule has 1 heterocycles. The fourth-order valence-corrected chi connectivity index (χ4v) is 2.13. The molecule has 0 saturated carbocycles. The summed E-state index contributed by atoms with van der Waals surface area (Å²) in [5.74, 6) is -0.459. The van der Waals surface area contributed by atoms with Crippen LogP contribution in [0, 0.1) is 6.92 Å². The normalized spacial score (nSPS) is 11.3. The molecular formula is C15H14F3N3O3. The minimum absolute atomic E-state index is 0.0585. The van der Waals surface area contributed by atoms with Crippen molar-refractivity contribution in [3.8, 4) is 0 Å². The Balaban J connectivity index is 1.99. The fraction of sp³-hybridized carbons (Fsp3) is 0.267. The third-order valence-corrected chi connectivity index (χ3v) is 3.35. The zero-order valence-electron chi connectivity index (χ0n) is 12.6. The fourth-order valence-electron chi connectivity index (χ4n) is 2.13. The molecule has 1 aromatic heterocycles. The standard InChI is InChI=1S/C15H14F3N3O3/c1-8-11(13(23)21-14(24)19-8)6-7-12(22)20-10-4-2-9(3-5-10)15(16,17)18/h2-5H,6-7H2,1H3,(H,20,22)(H2,19,21,23,24). The number of alkyl halides is 3. The molecule has 0 aliphatic heterocycles. The topological polar surface area (TPSA) is 94.8 Å². The van der Waals surface area contributed by atoms with E-state index in [-0.39, 0.29) is 24.1 Å². The maximum absolute atomic E-state index is 12.4. The van der Waals surface area contributed by atoms with Crippen LogP contribution in [0.15, 0.2) is 33.9 Å². The molecule has 24 heavy (non-hydrogen) atoms. The molecule has 0 aliphatic carbocycles. The Morgan fingerprint density at radius 3 is 2.29 bits per heavy atom. The molecule has 0 spiro atoms. The van der Waals surface area contributed by atoms with Crippen molar-refractivity contribution in [3.63, 3.8) is 0 Å². The first-order valence-corrected chi connectivity index (χ1v) is 6.96. The number of hydrogen-bond acceptors (Lipinski definition) is 3. The Labute approximate surface area is 133 Å². The van der Waals surface area contributed by atoms with E-state index in [1.54, 1.807) is 6.92 Å². The van der Waals surface area contributed by atoms with E-state index in [1.807, 2.05) is 0 Å². The number of carbonyl (C=O) groups is 1. The van der Waals surface area contributed by atoms with Gasteiger partial charge in [-0.2, -0.15) is 13.2 Å². The molecule has 1 aromatic carbocycles. The Morgan fingerprint density at radius 2 is 1.75 bits per heavy atom. The molecular weight excluding hydrogens is 327 g/mol. The second kappa shape index (κ2) is 6.73. The van der Waals surface area contributed by atoms with Crippen molar-refractivity contribution in [2.75, 3.05) is 5.32 Å². The predicted octanol–water partition coefficient (Wildman–Crippen LogP) is 1.96. The Hall–Kier alpha value is -2.84. The number of amides is 1. The van der Waals surface area contributed by atoms with Gasteiger partial charge in [-0.15, -0.1) is 0 Å². The maximum atomic E-state index is 12.4. The van der Waals surface area contributed by atoms with Gasteiger partial charge in [-0.3, -0.25) is 14.6 Å². The molecule has 0 radical (unpaired) electrons. The number of H-pyrrole nitrogens is 2. The molecule has 128 valence electrons. The summed E-state index contributed by atoms with van der Waals surface area (Å²) in [6, 6.07) is 4.04. The lowest BCUT2D eigenvalue weighted by molar-refractivity contribution is -0.137. The van der Waals surface area contributed by atoms with Gasteiger partial charge in [0.25, 0.3) is 5.56 Å². The summed E-state index contributed by atoms with van der Waals surface area (Å²) in [5, 5.41) is 2.45. The third-order valence-electron chi connectivity index (χ3n) is 3.35. The lowest BCUT2D eigenvalue weighted by Crippen LogP contribution is -2.27. The van der Waals surface area contributed by atoms with Crippen LogP contribution in [-0.4, -0.2) is 15.9 Å². The van der Waals surface area contributed by atoms with E-state index >= 15 is 0 Å². The van der Waals surface area contributed by atoms with Crippen LogP contribution in [0.1, 0.15) is 23.2 Å².